The number of nitrogens with zero attached hydrogens (tertiary/aromatic N) is 4. The van der Waals surface area contributed by atoms with Crippen LogP contribution < -0.4 is 20.5 Å². The van der Waals surface area contributed by atoms with Gasteiger partial charge in [0.05, 0.1) is 11.7 Å². The van der Waals surface area contributed by atoms with Crippen molar-refractivity contribution in [2.24, 2.45) is 10.9 Å². The van der Waals surface area contributed by atoms with E-state index in [0.29, 0.717) is 38.0 Å². The fraction of sp³-hybridized carbons (Fsp3) is 0.562. The lowest BCUT2D eigenvalue weighted by molar-refractivity contribution is 0.174. The zero-order valence-corrected chi connectivity index (χ0v) is 18.5. The van der Waals surface area contributed by atoms with Gasteiger partial charge in [0.25, 0.3) is 0 Å². The Morgan fingerprint density at radius 2 is 1.97 bits per heavy atom. The molecule has 2 heterocycles. The van der Waals surface area contributed by atoms with Crippen LogP contribution in [0.25, 0.3) is 11.4 Å². The highest BCUT2D eigenvalue weighted by molar-refractivity contribution is 7.92. The third-order valence-corrected chi connectivity index (χ3v) is 7.69. The fourth-order valence-corrected chi connectivity index (χ4v) is 6.03. The Morgan fingerprint density at radius 3 is 2.52 bits per heavy atom. The molecule has 1 aliphatic rings. The van der Waals surface area contributed by atoms with Crippen molar-refractivity contribution in [3.8, 4) is 11.4 Å². The Labute approximate surface area is 180 Å². The van der Waals surface area contributed by atoms with E-state index in [0.717, 1.165) is 0 Å². The summed E-state index contributed by atoms with van der Waals surface area (Å²) < 4.78 is 53.3. The minimum absolute atomic E-state index is 0.0245. The summed E-state index contributed by atoms with van der Waals surface area (Å²) in [5, 5.41) is 28.6. The van der Waals surface area contributed by atoms with Crippen molar-refractivity contribution in [1.82, 2.24) is 25.3 Å². The molecule has 3 rings (SSSR count). The van der Waals surface area contributed by atoms with Crippen molar-refractivity contribution in [1.29, 1.82) is 0 Å². The van der Waals surface area contributed by atoms with Gasteiger partial charge in [-0.05, 0) is 36.6 Å². The van der Waals surface area contributed by atoms with E-state index in [4.69, 9.17) is 10.9 Å². The van der Waals surface area contributed by atoms with E-state index < -0.39 is 35.9 Å². The number of primary sulfonamides is 1. The van der Waals surface area contributed by atoms with E-state index in [1.54, 1.807) is 6.92 Å². The quantitative estimate of drug-likeness (QED) is 0.298. The van der Waals surface area contributed by atoms with Gasteiger partial charge in [0.2, 0.25) is 25.9 Å². The molecule has 0 radical (unpaired) electrons. The van der Waals surface area contributed by atoms with Crippen LogP contribution in [0.15, 0.2) is 21.9 Å². The average Bonchev–Trinajstić information content (AvgIpc) is 3.25. The van der Waals surface area contributed by atoms with Crippen LogP contribution >= 0.6 is 0 Å². The number of benzene rings is 1. The van der Waals surface area contributed by atoms with Crippen LogP contribution in [0, 0.1) is 0 Å². The third kappa shape index (κ3) is 5.19. The van der Waals surface area contributed by atoms with Gasteiger partial charge in [0.15, 0.2) is 0 Å². The number of H-pyrrole nitrogens is 1. The second-order valence-electron chi connectivity index (χ2n) is 7.31. The van der Waals surface area contributed by atoms with Crippen molar-refractivity contribution < 1.29 is 21.9 Å². The summed E-state index contributed by atoms with van der Waals surface area (Å²) >= 11 is 0. The van der Waals surface area contributed by atoms with Crippen LogP contribution in [0.1, 0.15) is 26.2 Å². The Bertz CT molecular complexity index is 1110. The molecule has 0 spiro atoms. The minimum Gasteiger partial charge on any atom is -0.392 e. The number of piperidine rings is 1. The first-order chi connectivity index (χ1) is 14.5. The summed E-state index contributed by atoms with van der Waals surface area (Å²) in [6.45, 7) is 2.46. The summed E-state index contributed by atoms with van der Waals surface area (Å²) in [5.74, 6) is -0.112. The molecule has 1 saturated heterocycles. The number of tetrazole rings is 1. The molecule has 1 atom stereocenters. The number of nitrogens with two attached hydrogens (primary N) is 2. The van der Waals surface area contributed by atoms with E-state index in [9.17, 15) is 21.9 Å². The topological polar surface area (TPSA) is 210 Å². The second-order valence-corrected chi connectivity index (χ2v) is 10.5. The highest BCUT2D eigenvalue weighted by Gasteiger charge is 2.33. The molecule has 31 heavy (non-hydrogen) atoms. The van der Waals surface area contributed by atoms with Crippen LogP contribution in [0.3, 0.4) is 0 Å². The number of aromatic amines is 1. The SMILES string of the molecule is CC[C@@H](O)CNS(=O)(=O)c1ccc(N2CCC(N)CC2)c(-c2nn[nH]n2)c1S(N)(=O)=O. The molecule has 15 heteroatoms. The van der Waals surface area contributed by atoms with Gasteiger partial charge in [0, 0.05) is 31.4 Å². The smallest absolute Gasteiger partial charge is 0.242 e. The first-order valence-corrected chi connectivity index (χ1v) is 12.7. The van der Waals surface area contributed by atoms with E-state index in [1.165, 1.54) is 12.1 Å². The molecule has 0 saturated carbocycles. The van der Waals surface area contributed by atoms with Gasteiger partial charge in [-0.3, -0.25) is 0 Å². The lowest BCUT2D eigenvalue weighted by Gasteiger charge is -2.33. The van der Waals surface area contributed by atoms with Gasteiger partial charge in [-0.15, -0.1) is 10.2 Å². The van der Waals surface area contributed by atoms with E-state index in [-0.39, 0.29) is 24.0 Å². The monoisotopic (exact) mass is 474 g/mol. The van der Waals surface area contributed by atoms with Crippen LogP contribution in [0.2, 0.25) is 0 Å². The molecule has 7 N–H and O–H groups in total. The first kappa shape index (κ1) is 23.5. The summed E-state index contributed by atoms with van der Waals surface area (Å²) in [6.07, 6.45) is 0.732. The van der Waals surface area contributed by atoms with Crippen LogP contribution in [-0.2, 0) is 20.0 Å². The number of hydrogen-bond acceptors (Lipinski definition) is 10. The Morgan fingerprint density at radius 1 is 1.29 bits per heavy atom. The molecule has 1 aliphatic heterocycles. The van der Waals surface area contributed by atoms with Gasteiger partial charge >= 0.3 is 0 Å². The number of anilines is 1. The molecule has 2 aromatic rings. The Kier molecular flexibility index (Phi) is 6.92. The molecule has 0 amide bonds. The van der Waals surface area contributed by atoms with Crippen molar-refractivity contribution in [3.63, 3.8) is 0 Å². The van der Waals surface area contributed by atoms with E-state index in [2.05, 4.69) is 25.3 Å². The molecule has 1 aromatic carbocycles. The molecule has 1 fully saturated rings. The predicted molar refractivity (Wildman–Crippen MR) is 112 cm³/mol. The molecule has 1 aromatic heterocycles. The van der Waals surface area contributed by atoms with Gasteiger partial charge in [0.1, 0.15) is 9.79 Å². The maximum atomic E-state index is 12.9. The molecule has 0 bridgehead atoms. The average molecular weight is 475 g/mol. The number of aliphatic hydroxyl groups is 1. The zero-order valence-electron chi connectivity index (χ0n) is 16.9. The standard InChI is InChI=1S/C16H26N8O5S2/c1-2-11(25)9-19-31(28,29)13-4-3-12(24-7-5-10(17)6-8-24)14(15(13)30(18,26)27)16-20-22-23-21-16/h3-4,10-11,19,25H,2,5-9,17H2,1H3,(H2,18,26,27)(H,20,21,22,23)/t11-/m1/s1. The van der Waals surface area contributed by atoms with Gasteiger partial charge < -0.3 is 15.7 Å². The second kappa shape index (κ2) is 9.13. The van der Waals surface area contributed by atoms with E-state index >= 15 is 0 Å². The van der Waals surface area contributed by atoms with Crippen LogP contribution in [0.4, 0.5) is 5.69 Å². The molecular formula is C16H26N8O5S2. The zero-order chi connectivity index (χ0) is 22.8. The van der Waals surface area contributed by atoms with Gasteiger partial charge in [-0.25, -0.2) is 26.7 Å². The first-order valence-electron chi connectivity index (χ1n) is 9.66. The lowest BCUT2D eigenvalue weighted by atomic mass is 10.0. The molecule has 13 nitrogen and oxygen atoms in total. The highest BCUT2D eigenvalue weighted by Crippen LogP contribution is 2.39. The maximum Gasteiger partial charge on any atom is 0.242 e. The molecule has 0 aliphatic carbocycles. The normalized spacial score (nSPS) is 17.1. The van der Waals surface area contributed by atoms with Gasteiger partial charge in [-0.1, -0.05) is 6.92 Å². The number of hydrogen-bond donors (Lipinski definition) is 5. The third-order valence-electron chi connectivity index (χ3n) is 5.10. The fourth-order valence-electron chi connectivity index (χ4n) is 3.36. The van der Waals surface area contributed by atoms with Crippen molar-refractivity contribution in [2.45, 2.75) is 48.1 Å². The Hall–Kier alpha value is -2.17. The summed E-state index contributed by atoms with van der Waals surface area (Å²) in [5.41, 5.74) is 6.31. The van der Waals surface area contributed by atoms with Crippen LogP contribution in [0.5, 0.6) is 0 Å². The summed E-state index contributed by atoms with van der Waals surface area (Å²) in [7, 11) is -8.89. The van der Waals surface area contributed by atoms with Crippen molar-refractivity contribution >= 4 is 25.7 Å². The largest absolute Gasteiger partial charge is 0.392 e. The Balaban J connectivity index is 2.21. The van der Waals surface area contributed by atoms with Crippen molar-refractivity contribution in [2.75, 3.05) is 24.5 Å². The summed E-state index contributed by atoms with van der Waals surface area (Å²) in [6, 6.07) is 2.69. The number of rotatable bonds is 8. The van der Waals surface area contributed by atoms with Crippen LogP contribution in [-0.4, -0.2) is 74.3 Å². The molecule has 0 unspecified atom stereocenters. The highest BCUT2D eigenvalue weighted by atomic mass is 32.2. The maximum absolute atomic E-state index is 12.9. The molecule has 172 valence electrons. The summed E-state index contributed by atoms with van der Waals surface area (Å²) in [4.78, 5) is 0.685. The van der Waals surface area contributed by atoms with E-state index in [1.807, 2.05) is 4.90 Å². The number of nitrogens with one attached hydrogen (secondary N) is 2. The number of aliphatic hydroxyl groups excluding tert-OH is 1. The number of sulfonamides is 2. The van der Waals surface area contributed by atoms with Gasteiger partial charge in [-0.2, -0.15) is 5.21 Å². The number of aromatic nitrogens is 4. The molecular weight excluding hydrogens is 448 g/mol. The minimum atomic E-state index is -4.54. The predicted octanol–water partition coefficient (Wildman–Crippen LogP) is -1.51. The lowest BCUT2D eigenvalue weighted by Crippen LogP contribution is -2.40. The van der Waals surface area contributed by atoms with Crippen molar-refractivity contribution in [3.05, 3.63) is 12.1 Å².